The SMILES string of the molecule is CCO/N=C(C)\C(C)=N\Oc1ncccc1/C(=N/OC)C(=O)OC. The van der Waals surface area contributed by atoms with Gasteiger partial charge in [-0.25, -0.2) is 9.78 Å². The van der Waals surface area contributed by atoms with E-state index in [0.29, 0.717) is 18.0 Å². The number of hydrogen-bond donors (Lipinski definition) is 0. The number of nitrogens with zero attached hydrogens (tertiary/aromatic N) is 4. The highest BCUT2D eigenvalue weighted by Gasteiger charge is 2.21. The van der Waals surface area contributed by atoms with Crippen LogP contribution >= 0.6 is 0 Å². The molecule has 0 saturated carbocycles. The molecule has 24 heavy (non-hydrogen) atoms. The first-order valence-electron chi connectivity index (χ1n) is 7.08. The lowest BCUT2D eigenvalue weighted by atomic mass is 10.1. The molecule has 0 unspecified atom stereocenters. The minimum Gasteiger partial charge on any atom is -0.464 e. The third-order valence-electron chi connectivity index (χ3n) is 2.71. The third kappa shape index (κ3) is 5.34. The lowest BCUT2D eigenvalue weighted by Crippen LogP contribution is -2.19. The van der Waals surface area contributed by atoms with Gasteiger partial charge >= 0.3 is 5.97 Å². The van der Waals surface area contributed by atoms with Crippen LogP contribution in [0.3, 0.4) is 0 Å². The Labute approximate surface area is 139 Å². The fourth-order valence-electron chi connectivity index (χ4n) is 1.43. The number of ether oxygens (including phenoxy) is 1. The summed E-state index contributed by atoms with van der Waals surface area (Å²) in [5.41, 5.74) is 1.23. The number of aromatic nitrogens is 1. The monoisotopic (exact) mass is 336 g/mol. The van der Waals surface area contributed by atoms with E-state index in [1.165, 1.54) is 20.4 Å². The largest absolute Gasteiger partial charge is 0.464 e. The first-order chi connectivity index (χ1) is 11.5. The summed E-state index contributed by atoms with van der Waals surface area (Å²) in [5.74, 6) is -0.619. The highest BCUT2D eigenvalue weighted by molar-refractivity contribution is 6.43. The molecule has 9 heteroatoms. The maximum Gasteiger partial charge on any atom is 0.360 e. The first-order valence-corrected chi connectivity index (χ1v) is 7.08. The molecule has 0 saturated heterocycles. The van der Waals surface area contributed by atoms with E-state index < -0.39 is 5.97 Å². The van der Waals surface area contributed by atoms with Gasteiger partial charge in [0.2, 0.25) is 0 Å². The van der Waals surface area contributed by atoms with Gasteiger partial charge in [-0.05, 0) is 32.9 Å². The second-order valence-electron chi connectivity index (χ2n) is 4.33. The van der Waals surface area contributed by atoms with Crippen LogP contribution in [0.1, 0.15) is 26.3 Å². The summed E-state index contributed by atoms with van der Waals surface area (Å²) in [7, 11) is 2.55. The van der Waals surface area contributed by atoms with Crippen molar-refractivity contribution in [3.05, 3.63) is 23.9 Å². The summed E-state index contributed by atoms with van der Waals surface area (Å²) in [4.78, 5) is 30.8. The number of carbonyl (C=O) groups is 1. The van der Waals surface area contributed by atoms with E-state index in [2.05, 4.69) is 30.0 Å². The van der Waals surface area contributed by atoms with E-state index in [4.69, 9.17) is 9.68 Å². The summed E-state index contributed by atoms with van der Waals surface area (Å²) in [6, 6.07) is 3.21. The van der Waals surface area contributed by atoms with Crippen LogP contribution in [0.4, 0.5) is 0 Å². The molecule has 1 heterocycles. The molecule has 0 aliphatic heterocycles. The zero-order valence-corrected chi connectivity index (χ0v) is 14.3. The van der Waals surface area contributed by atoms with Gasteiger partial charge in [0.25, 0.3) is 5.88 Å². The van der Waals surface area contributed by atoms with E-state index in [0.717, 1.165) is 0 Å². The minimum absolute atomic E-state index is 0.0715. The number of methoxy groups -OCH3 is 1. The zero-order valence-electron chi connectivity index (χ0n) is 14.3. The summed E-state index contributed by atoms with van der Waals surface area (Å²) in [5, 5.41) is 11.4. The Hall–Kier alpha value is -2.97. The number of rotatable bonds is 8. The molecule has 1 aromatic rings. The summed E-state index contributed by atoms with van der Waals surface area (Å²) in [6.45, 7) is 5.70. The van der Waals surface area contributed by atoms with Crippen molar-refractivity contribution in [3.8, 4) is 5.88 Å². The van der Waals surface area contributed by atoms with Crippen molar-refractivity contribution >= 4 is 23.1 Å². The maximum atomic E-state index is 11.8. The van der Waals surface area contributed by atoms with Crippen molar-refractivity contribution < 1.29 is 24.0 Å². The molecule has 0 aromatic carbocycles. The highest BCUT2D eigenvalue weighted by Crippen LogP contribution is 2.17. The van der Waals surface area contributed by atoms with Gasteiger partial charge in [0.15, 0.2) is 5.71 Å². The van der Waals surface area contributed by atoms with E-state index in [1.807, 2.05) is 6.92 Å². The van der Waals surface area contributed by atoms with Gasteiger partial charge in [0.1, 0.15) is 25.1 Å². The Morgan fingerprint density at radius 2 is 1.88 bits per heavy atom. The van der Waals surface area contributed by atoms with Crippen LogP contribution in [-0.2, 0) is 19.2 Å². The van der Waals surface area contributed by atoms with Crippen molar-refractivity contribution in [2.75, 3.05) is 20.8 Å². The summed E-state index contributed by atoms with van der Waals surface area (Å²) >= 11 is 0. The zero-order chi connectivity index (χ0) is 17.9. The molecule has 0 bridgehead atoms. The van der Waals surface area contributed by atoms with E-state index in [1.54, 1.807) is 26.0 Å². The Balaban J connectivity index is 3.10. The maximum absolute atomic E-state index is 11.8. The number of carbonyl (C=O) groups excluding carboxylic acids is 1. The van der Waals surface area contributed by atoms with E-state index in [9.17, 15) is 4.79 Å². The van der Waals surface area contributed by atoms with E-state index >= 15 is 0 Å². The molecule has 0 aliphatic carbocycles. The third-order valence-corrected chi connectivity index (χ3v) is 2.71. The van der Waals surface area contributed by atoms with Gasteiger partial charge in [-0.1, -0.05) is 15.5 Å². The van der Waals surface area contributed by atoms with Crippen molar-refractivity contribution in [1.29, 1.82) is 0 Å². The molecular weight excluding hydrogens is 316 g/mol. The van der Waals surface area contributed by atoms with Crippen molar-refractivity contribution in [2.45, 2.75) is 20.8 Å². The number of pyridine rings is 1. The highest BCUT2D eigenvalue weighted by atomic mass is 16.6. The van der Waals surface area contributed by atoms with Gasteiger partial charge in [-0.15, -0.1) is 0 Å². The van der Waals surface area contributed by atoms with Crippen LogP contribution in [-0.4, -0.2) is 48.9 Å². The van der Waals surface area contributed by atoms with Gasteiger partial charge in [0, 0.05) is 6.20 Å². The van der Waals surface area contributed by atoms with Crippen LogP contribution in [0, 0.1) is 0 Å². The predicted octanol–water partition coefficient (Wildman–Crippen LogP) is 1.77. The average molecular weight is 336 g/mol. The quantitative estimate of drug-likeness (QED) is 0.407. The Morgan fingerprint density at radius 1 is 1.17 bits per heavy atom. The smallest absolute Gasteiger partial charge is 0.360 e. The first kappa shape index (κ1) is 19.1. The minimum atomic E-state index is -0.690. The fourth-order valence-corrected chi connectivity index (χ4v) is 1.43. The Morgan fingerprint density at radius 3 is 2.50 bits per heavy atom. The molecule has 130 valence electrons. The molecule has 9 nitrogen and oxygen atoms in total. The lowest BCUT2D eigenvalue weighted by Gasteiger charge is -2.07. The second kappa shape index (κ2) is 9.93. The van der Waals surface area contributed by atoms with Crippen LogP contribution in [0.15, 0.2) is 33.8 Å². The average Bonchev–Trinajstić information content (AvgIpc) is 2.61. The molecule has 1 rings (SSSR count). The standard InChI is InChI=1S/C15H20N4O5/c1-6-23-17-10(2)11(3)18-24-14-12(8-7-9-16-14)13(19-22-5)15(20)21-4/h7-9H,6H2,1-5H3/b17-10-,18-11+,19-13-. The predicted molar refractivity (Wildman–Crippen MR) is 88.3 cm³/mol. The normalized spacial score (nSPS) is 12.6. The number of hydrogen-bond acceptors (Lipinski definition) is 9. The molecule has 1 aromatic heterocycles. The molecule has 0 amide bonds. The van der Waals surface area contributed by atoms with Crippen molar-refractivity contribution in [1.82, 2.24) is 4.98 Å². The van der Waals surface area contributed by atoms with Gasteiger partial charge in [0.05, 0.1) is 12.7 Å². The summed E-state index contributed by atoms with van der Waals surface area (Å²) < 4.78 is 4.68. The lowest BCUT2D eigenvalue weighted by molar-refractivity contribution is -0.132. The fraction of sp³-hybridized carbons (Fsp3) is 0.400. The molecule has 0 atom stereocenters. The molecule has 0 fully saturated rings. The molecule has 0 N–H and O–H groups in total. The molecule has 0 aliphatic rings. The molecular formula is C15H20N4O5. The van der Waals surface area contributed by atoms with E-state index in [-0.39, 0.29) is 17.2 Å². The second-order valence-corrected chi connectivity index (χ2v) is 4.33. The van der Waals surface area contributed by atoms with Gasteiger partial charge < -0.3 is 19.2 Å². The topological polar surface area (TPSA) is 104 Å². The van der Waals surface area contributed by atoms with Crippen molar-refractivity contribution in [2.24, 2.45) is 15.5 Å². The molecule has 0 spiro atoms. The van der Waals surface area contributed by atoms with Crippen molar-refractivity contribution in [3.63, 3.8) is 0 Å². The number of oxime groups is 3. The van der Waals surface area contributed by atoms with Gasteiger partial charge in [-0.2, -0.15) is 0 Å². The molecule has 0 radical (unpaired) electrons. The Bertz CT molecular complexity index is 655. The van der Waals surface area contributed by atoms with Crippen LogP contribution < -0.4 is 4.84 Å². The van der Waals surface area contributed by atoms with Crippen LogP contribution in [0.2, 0.25) is 0 Å². The van der Waals surface area contributed by atoms with Crippen LogP contribution in [0.5, 0.6) is 5.88 Å². The summed E-state index contributed by atoms with van der Waals surface area (Å²) in [6.07, 6.45) is 1.49. The van der Waals surface area contributed by atoms with Gasteiger partial charge in [-0.3, -0.25) is 0 Å². The number of esters is 1. The Kier molecular flexibility index (Phi) is 7.89. The van der Waals surface area contributed by atoms with Crippen LogP contribution in [0.25, 0.3) is 0 Å².